The minimum Gasteiger partial charge on any atom is -0.507 e. The van der Waals surface area contributed by atoms with E-state index in [0.717, 1.165) is 28.8 Å². The van der Waals surface area contributed by atoms with Crippen LogP contribution in [0.5, 0.6) is 40.2 Å². The lowest BCUT2D eigenvalue weighted by molar-refractivity contribution is 0.201. The van der Waals surface area contributed by atoms with Crippen molar-refractivity contribution in [3.05, 3.63) is 99.2 Å². The Morgan fingerprint density at radius 2 is 1.56 bits per heavy atom. The molecule has 1 atom stereocenters. The van der Waals surface area contributed by atoms with Crippen molar-refractivity contribution in [2.24, 2.45) is 0 Å². The van der Waals surface area contributed by atoms with Crippen molar-refractivity contribution in [1.82, 2.24) is 4.90 Å². The molecule has 0 saturated heterocycles. The number of aromatic hydroxyl groups is 5. The van der Waals surface area contributed by atoms with Gasteiger partial charge in [-0.25, -0.2) is 0 Å². The van der Waals surface area contributed by atoms with E-state index in [4.69, 9.17) is 13.9 Å². The second-order valence-electron chi connectivity index (χ2n) is 10.3. The van der Waals surface area contributed by atoms with Crippen LogP contribution in [0.3, 0.4) is 0 Å². The Hall–Kier alpha value is -5.35. The van der Waals surface area contributed by atoms with Crippen LogP contribution in [0.1, 0.15) is 28.3 Å². The number of hydrogen-bond acceptors (Lipinski definition) is 10. The van der Waals surface area contributed by atoms with Crippen molar-refractivity contribution in [3.63, 3.8) is 0 Å². The molecule has 5 aromatic rings. The maximum absolute atomic E-state index is 13.3. The molecule has 10 nitrogen and oxygen atoms in total. The summed E-state index contributed by atoms with van der Waals surface area (Å²) in [6, 6.07) is 18.2. The van der Waals surface area contributed by atoms with Gasteiger partial charge in [-0.1, -0.05) is 30.3 Å². The van der Waals surface area contributed by atoms with Crippen molar-refractivity contribution in [2.75, 3.05) is 20.8 Å². The third-order valence-electron chi connectivity index (χ3n) is 7.89. The van der Waals surface area contributed by atoms with Gasteiger partial charge in [-0.15, -0.1) is 0 Å². The zero-order chi connectivity index (χ0) is 30.4. The first-order chi connectivity index (χ1) is 20.7. The molecule has 0 spiro atoms. The van der Waals surface area contributed by atoms with Gasteiger partial charge >= 0.3 is 0 Å². The lowest BCUT2D eigenvalue weighted by atomic mass is 9.87. The molecule has 5 N–H and O–H groups in total. The first-order valence-electron chi connectivity index (χ1n) is 13.5. The lowest BCUT2D eigenvalue weighted by Gasteiger charge is -2.38. The Morgan fingerprint density at radius 3 is 2.26 bits per heavy atom. The molecule has 6 rings (SSSR count). The Kier molecular flexibility index (Phi) is 6.99. The minimum atomic E-state index is -0.914. The molecule has 1 aliphatic heterocycles. The van der Waals surface area contributed by atoms with Gasteiger partial charge in [0, 0.05) is 24.7 Å². The SMILES string of the molecule is COc1cc2c(cc1OC)C(c1ccccc1)N(Cc1c(O)cc(O)c3c(=O)c(O)c(-c4ccc(O)c(O)c4)oc13)CC2. The highest BCUT2D eigenvalue weighted by Gasteiger charge is 2.32. The molecule has 0 fully saturated rings. The fourth-order valence-corrected chi connectivity index (χ4v) is 5.79. The molecule has 43 heavy (non-hydrogen) atoms. The number of hydrogen-bond donors (Lipinski definition) is 5. The van der Waals surface area contributed by atoms with E-state index in [1.807, 2.05) is 42.5 Å². The molecule has 1 aromatic heterocycles. The molecule has 0 saturated carbocycles. The summed E-state index contributed by atoms with van der Waals surface area (Å²) in [5, 5.41) is 52.0. The van der Waals surface area contributed by atoms with Gasteiger partial charge < -0.3 is 39.4 Å². The van der Waals surface area contributed by atoms with Crippen molar-refractivity contribution >= 4 is 11.0 Å². The molecule has 10 heteroatoms. The summed E-state index contributed by atoms with van der Waals surface area (Å²) in [6.45, 7) is 0.662. The molecular weight excluding hydrogens is 554 g/mol. The van der Waals surface area contributed by atoms with Gasteiger partial charge in [0.15, 0.2) is 34.3 Å². The van der Waals surface area contributed by atoms with E-state index >= 15 is 0 Å². The van der Waals surface area contributed by atoms with Gasteiger partial charge in [-0.2, -0.15) is 0 Å². The third-order valence-corrected chi connectivity index (χ3v) is 7.89. The maximum Gasteiger partial charge on any atom is 0.238 e. The highest BCUT2D eigenvalue weighted by molar-refractivity contribution is 5.91. The van der Waals surface area contributed by atoms with E-state index in [9.17, 15) is 30.3 Å². The second kappa shape index (κ2) is 10.8. The van der Waals surface area contributed by atoms with Crippen molar-refractivity contribution in [3.8, 4) is 51.6 Å². The van der Waals surface area contributed by atoms with Gasteiger partial charge in [-0.3, -0.25) is 9.69 Å². The van der Waals surface area contributed by atoms with Crippen LogP contribution in [0.2, 0.25) is 0 Å². The Labute approximate surface area is 245 Å². The van der Waals surface area contributed by atoms with Crippen molar-refractivity contribution < 1.29 is 39.4 Å². The first kappa shape index (κ1) is 27.8. The minimum absolute atomic E-state index is 0.101. The summed E-state index contributed by atoms with van der Waals surface area (Å²) in [5.74, 6) is -1.62. The fraction of sp³-hybridized carbons (Fsp3) is 0.182. The van der Waals surface area contributed by atoms with Gasteiger partial charge in [-0.05, 0) is 53.4 Å². The van der Waals surface area contributed by atoms with Crippen LogP contribution in [0.4, 0.5) is 0 Å². The summed E-state index contributed by atoms with van der Waals surface area (Å²) < 4.78 is 17.2. The highest BCUT2D eigenvalue weighted by atomic mass is 16.5. The third kappa shape index (κ3) is 4.71. The Balaban J connectivity index is 1.53. The summed E-state index contributed by atoms with van der Waals surface area (Å²) in [7, 11) is 3.16. The number of fused-ring (bicyclic) bond motifs is 2. The number of nitrogens with zero attached hydrogens (tertiary/aromatic N) is 1. The average molecular weight is 584 g/mol. The van der Waals surface area contributed by atoms with Crippen molar-refractivity contribution in [2.45, 2.75) is 19.0 Å². The predicted octanol–water partition coefficient (Wildman–Crippen LogP) is 5.15. The smallest absolute Gasteiger partial charge is 0.238 e. The fourth-order valence-electron chi connectivity index (χ4n) is 5.79. The molecule has 0 bridgehead atoms. The lowest BCUT2D eigenvalue weighted by Crippen LogP contribution is -2.36. The van der Waals surface area contributed by atoms with E-state index in [-0.39, 0.29) is 46.2 Å². The zero-order valence-corrected chi connectivity index (χ0v) is 23.4. The largest absolute Gasteiger partial charge is 0.507 e. The van der Waals surface area contributed by atoms with E-state index in [1.54, 1.807) is 14.2 Å². The molecule has 1 unspecified atom stereocenters. The molecule has 1 aliphatic rings. The van der Waals surface area contributed by atoms with Crippen LogP contribution in [0, 0.1) is 0 Å². The van der Waals surface area contributed by atoms with E-state index in [1.165, 1.54) is 12.1 Å². The number of benzene rings is 4. The van der Waals surface area contributed by atoms with Gasteiger partial charge in [0.2, 0.25) is 11.2 Å². The van der Waals surface area contributed by atoms with Gasteiger partial charge in [0.25, 0.3) is 0 Å². The standard InChI is InChI=1S/C33H29NO9/c1-41-26-13-18-10-11-34(29(17-6-4-3-5-7-17)20(18)14-27(26)42-2)16-21-23(36)15-25(38)28-30(39)31(40)32(43-33(21)28)19-8-9-22(35)24(37)12-19/h3-9,12-15,29,35-38,40H,10-11,16H2,1-2H3. The van der Waals surface area contributed by atoms with Crippen LogP contribution in [0.25, 0.3) is 22.3 Å². The van der Waals surface area contributed by atoms with Gasteiger partial charge in [0.05, 0.1) is 25.8 Å². The molecule has 0 radical (unpaired) electrons. The van der Waals surface area contributed by atoms with Crippen LogP contribution in [0.15, 0.2) is 75.9 Å². The summed E-state index contributed by atoms with van der Waals surface area (Å²) in [6.07, 6.45) is 0.651. The topological polar surface area (TPSA) is 153 Å². The Morgan fingerprint density at radius 1 is 0.837 bits per heavy atom. The van der Waals surface area contributed by atoms with Crippen LogP contribution in [-0.2, 0) is 13.0 Å². The zero-order valence-electron chi connectivity index (χ0n) is 23.4. The maximum atomic E-state index is 13.3. The first-order valence-corrected chi connectivity index (χ1v) is 13.5. The monoisotopic (exact) mass is 583 g/mol. The van der Waals surface area contributed by atoms with E-state index < -0.39 is 28.4 Å². The molecular formula is C33H29NO9. The summed E-state index contributed by atoms with van der Waals surface area (Å²) >= 11 is 0. The van der Waals surface area contributed by atoms with Crippen LogP contribution >= 0.6 is 0 Å². The number of ether oxygens (including phenoxy) is 2. The molecule has 4 aromatic carbocycles. The molecule has 220 valence electrons. The highest BCUT2D eigenvalue weighted by Crippen LogP contribution is 2.44. The van der Waals surface area contributed by atoms with E-state index in [0.29, 0.717) is 24.5 Å². The summed E-state index contributed by atoms with van der Waals surface area (Å²) in [4.78, 5) is 15.4. The normalized spacial score (nSPS) is 14.9. The number of phenols is 4. The second-order valence-corrected chi connectivity index (χ2v) is 10.3. The number of rotatable bonds is 6. The predicted molar refractivity (Wildman–Crippen MR) is 158 cm³/mol. The summed E-state index contributed by atoms with van der Waals surface area (Å²) in [5.41, 5.74) is 2.34. The quantitative estimate of drug-likeness (QED) is 0.170. The molecule has 0 aliphatic carbocycles. The average Bonchev–Trinajstić information content (AvgIpc) is 3.01. The Bertz CT molecular complexity index is 1920. The van der Waals surface area contributed by atoms with Crippen molar-refractivity contribution in [1.29, 1.82) is 0 Å². The molecule has 2 heterocycles. The molecule has 0 amide bonds. The van der Waals surface area contributed by atoms with E-state index in [2.05, 4.69) is 4.90 Å². The number of phenolic OH excluding ortho intramolecular Hbond substituents is 4. The van der Waals surface area contributed by atoms with Crippen LogP contribution in [-0.4, -0.2) is 51.2 Å². The number of methoxy groups -OCH3 is 2. The van der Waals surface area contributed by atoms with Gasteiger partial charge in [0.1, 0.15) is 16.9 Å². The van der Waals surface area contributed by atoms with Crippen LogP contribution < -0.4 is 14.9 Å².